The molecule has 1 aromatic heterocycles. The second-order valence-electron chi connectivity index (χ2n) is 6.50. The summed E-state index contributed by atoms with van der Waals surface area (Å²) in [7, 11) is 0. The first kappa shape index (κ1) is 14.8. The molecule has 0 amide bonds. The Balaban J connectivity index is 1.75. The van der Waals surface area contributed by atoms with Crippen LogP contribution in [-0.4, -0.2) is 15.0 Å². The number of hydrogen-bond donors (Lipinski definition) is 0. The smallest absolute Gasteiger partial charge is 0.113 e. The van der Waals surface area contributed by atoms with Gasteiger partial charge in [0.1, 0.15) is 5.52 Å². The number of nitrogens with zero attached hydrogens (tertiary/aromatic N) is 3. The molecule has 0 aliphatic heterocycles. The van der Waals surface area contributed by atoms with Gasteiger partial charge < -0.3 is 0 Å². The lowest BCUT2D eigenvalue weighted by Gasteiger charge is -2.13. The molecule has 3 heteroatoms. The largest absolute Gasteiger partial charge is 0.244 e. The SMILES string of the molecule is CC(C)Cc1ccc(C(C)Cn2nnc3ccccc32)cc1. The van der Waals surface area contributed by atoms with Gasteiger partial charge in [0.25, 0.3) is 0 Å². The van der Waals surface area contributed by atoms with E-state index in [4.69, 9.17) is 0 Å². The highest BCUT2D eigenvalue weighted by Gasteiger charge is 2.10. The molecular weight excluding hydrogens is 270 g/mol. The minimum atomic E-state index is 0.415. The standard InChI is InChI=1S/C19H23N3/c1-14(2)12-16-8-10-17(11-9-16)15(3)13-22-19-7-5-4-6-18(19)20-21-22/h4-11,14-15H,12-13H2,1-3H3. The van der Waals surface area contributed by atoms with Crippen LogP contribution in [-0.2, 0) is 13.0 Å². The van der Waals surface area contributed by atoms with E-state index in [-0.39, 0.29) is 0 Å². The first-order chi connectivity index (χ1) is 10.6. The first-order valence-corrected chi connectivity index (χ1v) is 8.00. The van der Waals surface area contributed by atoms with E-state index in [9.17, 15) is 0 Å². The summed E-state index contributed by atoms with van der Waals surface area (Å²) in [5.74, 6) is 1.11. The fraction of sp³-hybridized carbons (Fsp3) is 0.368. The van der Waals surface area contributed by atoms with Crippen molar-refractivity contribution in [2.24, 2.45) is 5.92 Å². The second kappa shape index (κ2) is 6.30. The van der Waals surface area contributed by atoms with E-state index in [1.54, 1.807) is 0 Å². The molecule has 1 atom stereocenters. The maximum atomic E-state index is 4.28. The number of aromatic nitrogens is 3. The molecule has 3 nitrogen and oxygen atoms in total. The molecule has 0 radical (unpaired) electrons. The van der Waals surface area contributed by atoms with E-state index in [1.807, 2.05) is 22.9 Å². The van der Waals surface area contributed by atoms with Gasteiger partial charge in [-0.15, -0.1) is 5.10 Å². The average molecular weight is 293 g/mol. The van der Waals surface area contributed by atoms with Crippen LogP contribution in [0.5, 0.6) is 0 Å². The minimum Gasteiger partial charge on any atom is -0.244 e. The summed E-state index contributed by atoms with van der Waals surface area (Å²) < 4.78 is 2.00. The number of benzene rings is 2. The first-order valence-electron chi connectivity index (χ1n) is 8.00. The summed E-state index contributed by atoms with van der Waals surface area (Å²) in [6.07, 6.45) is 1.14. The average Bonchev–Trinajstić information content (AvgIpc) is 2.91. The van der Waals surface area contributed by atoms with E-state index in [1.165, 1.54) is 11.1 Å². The van der Waals surface area contributed by atoms with Gasteiger partial charge in [-0.3, -0.25) is 0 Å². The molecule has 0 aliphatic rings. The summed E-state index contributed by atoms with van der Waals surface area (Å²) in [4.78, 5) is 0. The van der Waals surface area contributed by atoms with Gasteiger partial charge in [0.2, 0.25) is 0 Å². The van der Waals surface area contributed by atoms with E-state index in [0.717, 1.165) is 24.0 Å². The van der Waals surface area contributed by atoms with Crippen LogP contribution in [0.25, 0.3) is 11.0 Å². The Hall–Kier alpha value is -2.16. The fourth-order valence-electron chi connectivity index (χ4n) is 2.87. The van der Waals surface area contributed by atoms with Gasteiger partial charge in [-0.25, -0.2) is 4.68 Å². The fourth-order valence-corrected chi connectivity index (χ4v) is 2.87. The summed E-state index contributed by atoms with van der Waals surface area (Å²) in [6, 6.07) is 17.1. The monoisotopic (exact) mass is 293 g/mol. The van der Waals surface area contributed by atoms with Crippen molar-refractivity contribution in [2.45, 2.75) is 39.7 Å². The Morgan fingerprint density at radius 1 is 0.955 bits per heavy atom. The van der Waals surface area contributed by atoms with E-state index in [2.05, 4.69) is 61.4 Å². The quantitative estimate of drug-likeness (QED) is 0.696. The van der Waals surface area contributed by atoms with Crippen molar-refractivity contribution in [3.63, 3.8) is 0 Å². The number of fused-ring (bicyclic) bond motifs is 1. The van der Waals surface area contributed by atoms with Crippen molar-refractivity contribution >= 4 is 11.0 Å². The van der Waals surface area contributed by atoms with Crippen molar-refractivity contribution in [3.05, 3.63) is 59.7 Å². The molecule has 0 fully saturated rings. The maximum Gasteiger partial charge on any atom is 0.113 e. The zero-order valence-corrected chi connectivity index (χ0v) is 13.5. The lowest BCUT2D eigenvalue weighted by atomic mass is 9.97. The van der Waals surface area contributed by atoms with Gasteiger partial charge in [0.05, 0.1) is 5.52 Å². The van der Waals surface area contributed by atoms with Crippen LogP contribution in [0, 0.1) is 5.92 Å². The third-order valence-electron chi connectivity index (χ3n) is 4.06. The normalized spacial score (nSPS) is 12.9. The van der Waals surface area contributed by atoms with Crippen LogP contribution >= 0.6 is 0 Å². The predicted octanol–water partition coefficient (Wildman–Crippen LogP) is 4.43. The van der Waals surface area contributed by atoms with Crippen LogP contribution in [0.1, 0.15) is 37.8 Å². The second-order valence-corrected chi connectivity index (χ2v) is 6.50. The molecule has 0 N–H and O–H groups in total. The van der Waals surface area contributed by atoms with Crippen LogP contribution in [0.4, 0.5) is 0 Å². The highest BCUT2D eigenvalue weighted by Crippen LogP contribution is 2.21. The Bertz CT molecular complexity index is 741. The van der Waals surface area contributed by atoms with E-state index >= 15 is 0 Å². The molecular formula is C19H23N3. The summed E-state index contributed by atoms with van der Waals surface area (Å²) >= 11 is 0. The molecule has 0 spiro atoms. The molecule has 114 valence electrons. The Morgan fingerprint density at radius 2 is 1.68 bits per heavy atom. The molecule has 0 saturated heterocycles. The Kier molecular flexibility index (Phi) is 4.23. The molecule has 3 aromatic rings. The third kappa shape index (κ3) is 3.19. The number of hydrogen-bond acceptors (Lipinski definition) is 2. The molecule has 1 heterocycles. The van der Waals surface area contributed by atoms with Crippen molar-refractivity contribution in [1.29, 1.82) is 0 Å². The van der Waals surface area contributed by atoms with Crippen LogP contribution < -0.4 is 0 Å². The highest BCUT2D eigenvalue weighted by atomic mass is 15.4. The van der Waals surface area contributed by atoms with Crippen LogP contribution in [0.15, 0.2) is 48.5 Å². The molecule has 0 bridgehead atoms. The zero-order valence-electron chi connectivity index (χ0n) is 13.5. The number of para-hydroxylation sites is 1. The van der Waals surface area contributed by atoms with Crippen molar-refractivity contribution < 1.29 is 0 Å². The van der Waals surface area contributed by atoms with Gasteiger partial charge in [0.15, 0.2) is 0 Å². The molecule has 1 unspecified atom stereocenters. The van der Waals surface area contributed by atoms with Crippen molar-refractivity contribution in [2.75, 3.05) is 0 Å². The molecule has 22 heavy (non-hydrogen) atoms. The Morgan fingerprint density at radius 3 is 2.41 bits per heavy atom. The zero-order chi connectivity index (χ0) is 15.5. The molecule has 2 aromatic carbocycles. The van der Waals surface area contributed by atoms with E-state index < -0.39 is 0 Å². The number of rotatable bonds is 5. The lowest BCUT2D eigenvalue weighted by Crippen LogP contribution is -2.08. The Labute approximate surface area is 132 Å². The summed E-state index contributed by atoms with van der Waals surface area (Å²) in [5.41, 5.74) is 4.83. The summed E-state index contributed by atoms with van der Waals surface area (Å²) in [5, 5.41) is 8.51. The van der Waals surface area contributed by atoms with Gasteiger partial charge in [-0.1, -0.05) is 62.4 Å². The van der Waals surface area contributed by atoms with Gasteiger partial charge >= 0.3 is 0 Å². The van der Waals surface area contributed by atoms with Crippen molar-refractivity contribution in [3.8, 4) is 0 Å². The lowest BCUT2D eigenvalue weighted by molar-refractivity contribution is 0.540. The van der Waals surface area contributed by atoms with E-state index in [0.29, 0.717) is 11.8 Å². The topological polar surface area (TPSA) is 30.7 Å². The minimum absolute atomic E-state index is 0.415. The van der Waals surface area contributed by atoms with Crippen LogP contribution in [0.2, 0.25) is 0 Å². The van der Waals surface area contributed by atoms with Crippen LogP contribution in [0.3, 0.4) is 0 Å². The molecule has 3 rings (SSSR count). The summed E-state index contributed by atoms with van der Waals surface area (Å²) in [6.45, 7) is 7.61. The molecule has 0 saturated carbocycles. The predicted molar refractivity (Wildman–Crippen MR) is 90.9 cm³/mol. The highest BCUT2D eigenvalue weighted by molar-refractivity contribution is 5.73. The third-order valence-corrected chi connectivity index (χ3v) is 4.06. The van der Waals surface area contributed by atoms with Gasteiger partial charge in [-0.05, 0) is 35.6 Å². The van der Waals surface area contributed by atoms with Gasteiger partial charge in [0, 0.05) is 12.5 Å². The van der Waals surface area contributed by atoms with Crippen molar-refractivity contribution in [1.82, 2.24) is 15.0 Å². The molecule has 0 aliphatic carbocycles. The van der Waals surface area contributed by atoms with Gasteiger partial charge in [-0.2, -0.15) is 0 Å². The maximum absolute atomic E-state index is 4.28.